The lowest BCUT2D eigenvalue weighted by molar-refractivity contribution is -0.132. The van der Waals surface area contributed by atoms with E-state index >= 15 is 0 Å². The Labute approximate surface area is 78.8 Å². The molecule has 0 saturated carbocycles. The molecule has 1 N–H and O–H groups in total. The number of carbonyl (C=O) groups is 1. The van der Waals surface area contributed by atoms with E-state index in [2.05, 4.69) is 4.98 Å². The molecule has 1 rings (SSSR count). The zero-order valence-electron chi connectivity index (χ0n) is 6.81. The number of aliphatic carboxylic acids is 1. The molecule has 0 aromatic carbocycles. The number of carboxylic acids is 1. The Balaban J connectivity index is 3.00. The molecule has 0 saturated heterocycles. The number of nitriles is 1. The van der Waals surface area contributed by atoms with Crippen molar-refractivity contribution in [1.29, 1.82) is 5.26 Å². The van der Waals surface area contributed by atoms with E-state index in [0.29, 0.717) is 5.69 Å². The predicted octanol–water partition coefficient (Wildman–Crippen LogP) is 1.44. The molecule has 0 bridgehead atoms. The van der Waals surface area contributed by atoms with E-state index in [4.69, 9.17) is 10.4 Å². The average molecular weight is 194 g/mol. The molecule has 0 amide bonds. The van der Waals surface area contributed by atoms with Crippen LogP contribution in [0.4, 0.5) is 0 Å². The summed E-state index contributed by atoms with van der Waals surface area (Å²) in [7, 11) is 0. The summed E-state index contributed by atoms with van der Waals surface area (Å²) in [6.07, 6.45) is 1.26. The van der Waals surface area contributed by atoms with Crippen LogP contribution in [-0.4, -0.2) is 16.1 Å². The Morgan fingerprint density at radius 1 is 1.85 bits per heavy atom. The third-order valence-electron chi connectivity index (χ3n) is 1.28. The van der Waals surface area contributed by atoms with Crippen LogP contribution in [0.2, 0.25) is 0 Å². The van der Waals surface area contributed by atoms with Crippen molar-refractivity contribution in [3.05, 3.63) is 21.7 Å². The molecule has 0 spiro atoms. The summed E-state index contributed by atoms with van der Waals surface area (Å²) in [4.78, 5) is 14.4. The fourth-order valence-electron chi connectivity index (χ4n) is 0.736. The van der Waals surface area contributed by atoms with Crippen LogP contribution in [0.15, 0.2) is 11.0 Å². The highest BCUT2D eigenvalue weighted by molar-refractivity contribution is 7.09. The topological polar surface area (TPSA) is 74.0 Å². The highest BCUT2D eigenvalue weighted by atomic mass is 32.1. The van der Waals surface area contributed by atoms with Crippen molar-refractivity contribution < 1.29 is 9.90 Å². The number of carboxylic acid groups (broad SMARTS) is 1. The number of nitrogens with zero attached hydrogens (tertiary/aromatic N) is 2. The second-order valence-corrected chi connectivity index (χ2v) is 3.33. The predicted molar refractivity (Wildman–Crippen MR) is 48.1 cm³/mol. The van der Waals surface area contributed by atoms with Gasteiger partial charge in [-0.25, -0.2) is 9.78 Å². The molecule has 1 aromatic rings. The van der Waals surface area contributed by atoms with E-state index in [1.165, 1.54) is 17.4 Å². The number of aryl methyl sites for hydroxylation is 1. The first kappa shape index (κ1) is 9.42. The van der Waals surface area contributed by atoms with Gasteiger partial charge in [-0.2, -0.15) is 5.26 Å². The van der Waals surface area contributed by atoms with Gasteiger partial charge >= 0.3 is 5.97 Å². The normalized spacial score (nSPS) is 10.9. The van der Waals surface area contributed by atoms with Crippen molar-refractivity contribution in [2.75, 3.05) is 0 Å². The fourth-order valence-corrected chi connectivity index (χ4v) is 1.31. The van der Waals surface area contributed by atoms with Gasteiger partial charge in [-0.3, -0.25) is 0 Å². The Bertz CT molecular complexity index is 401. The molecule has 0 fully saturated rings. The first-order chi connectivity index (χ1) is 6.13. The van der Waals surface area contributed by atoms with Crippen LogP contribution in [0.25, 0.3) is 6.08 Å². The van der Waals surface area contributed by atoms with Gasteiger partial charge in [0, 0.05) is 5.38 Å². The largest absolute Gasteiger partial charge is 0.477 e. The highest BCUT2D eigenvalue weighted by Crippen LogP contribution is 2.11. The molecule has 66 valence electrons. The van der Waals surface area contributed by atoms with Crippen molar-refractivity contribution in [3.63, 3.8) is 0 Å². The number of hydrogen-bond acceptors (Lipinski definition) is 4. The molecule has 13 heavy (non-hydrogen) atoms. The smallest absolute Gasteiger partial charge is 0.346 e. The maximum absolute atomic E-state index is 10.4. The van der Waals surface area contributed by atoms with Gasteiger partial charge in [-0.1, -0.05) is 0 Å². The zero-order valence-corrected chi connectivity index (χ0v) is 7.63. The van der Waals surface area contributed by atoms with E-state index in [9.17, 15) is 4.79 Å². The van der Waals surface area contributed by atoms with Crippen LogP contribution >= 0.6 is 11.3 Å². The quantitative estimate of drug-likeness (QED) is 0.571. The maximum Gasteiger partial charge on any atom is 0.346 e. The molecular formula is C8H6N2O2S. The lowest BCUT2D eigenvalue weighted by Crippen LogP contribution is -1.97. The second kappa shape index (κ2) is 3.83. The fraction of sp³-hybridized carbons (Fsp3) is 0.125. The Hall–Kier alpha value is -1.67. The van der Waals surface area contributed by atoms with Crippen LogP contribution in [0.5, 0.6) is 0 Å². The second-order valence-electron chi connectivity index (χ2n) is 2.27. The van der Waals surface area contributed by atoms with Crippen LogP contribution in [0, 0.1) is 18.3 Å². The monoisotopic (exact) mass is 194 g/mol. The van der Waals surface area contributed by atoms with Crippen molar-refractivity contribution in [2.45, 2.75) is 6.92 Å². The number of thiazole rings is 1. The van der Waals surface area contributed by atoms with Gasteiger partial charge in [-0.05, 0) is 13.0 Å². The summed E-state index contributed by atoms with van der Waals surface area (Å²) in [5.74, 6) is -1.23. The van der Waals surface area contributed by atoms with Crippen molar-refractivity contribution in [1.82, 2.24) is 4.98 Å². The van der Waals surface area contributed by atoms with Gasteiger partial charge < -0.3 is 5.11 Å². The van der Waals surface area contributed by atoms with E-state index in [-0.39, 0.29) is 5.57 Å². The number of aromatic nitrogens is 1. The molecule has 4 nitrogen and oxygen atoms in total. The van der Waals surface area contributed by atoms with Crippen LogP contribution in [0.1, 0.15) is 10.7 Å². The molecule has 0 aliphatic heterocycles. The summed E-state index contributed by atoms with van der Waals surface area (Å²) < 4.78 is 0. The Kier molecular flexibility index (Phi) is 2.77. The SMILES string of the molecule is Cc1nc(/C=C(/C#N)C(=O)O)cs1. The van der Waals surface area contributed by atoms with Crippen LogP contribution < -0.4 is 0 Å². The van der Waals surface area contributed by atoms with Crippen molar-refractivity contribution >= 4 is 23.4 Å². The van der Waals surface area contributed by atoms with Gasteiger partial charge in [-0.15, -0.1) is 11.3 Å². The molecule has 5 heteroatoms. The first-order valence-electron chi connectivity index (χ1n) is 3.40. The van der Waals surface area contributed by atoms with Crippen molar-refractivity contribution in [2.24, 2.45) is 0 Å². The van der Waals surface area contributed by atoms with Crippen molar-refractivity contribution in [3.8, 4) is 6.07 Å². The van der Waals surface area contributed by atoms with Crippen LogP contribution in [0.3, 0.4) is 0 Å². The standard InChI is InChI=1S/C8H6N2O2S/c1-5-10-7(4-13-5)2-6(3-9)8(11)12/h2,4H,1H3,(H,11,12)/b6-2-. The maximum atomic E-state index is 10.4. The molecule has 0 atom stereocenters. The number of hydrogen-bond donors (Lipinski definition) is 1. The van der Waals surface area contributed by atoms with Crippen LogP contribution in [-0.2, 0) is 4.79 Å². The summed E-state index contributed by atoms with van der Waals surface area (Å²) in [5, 5.41) is 19.5. The van der Waals surface area contributed by atoms with E-state index in [0.717, 1.165) is 5.01 Å². The molecule has 1 heterocycles. The highest BCUT2D eigenvalue weighted by Gasteiger charge is 2.06. The average Bonchev–Trinajstić information content (AvgIpc) is 2.46. The molecule has 0 aliphatic carbocycles. The Morgan fingerprint density at radius 2 is 2.54 bits per heavy atom. The number of rotatable bonds is 2. The minimum Gasteiger partial charge on any atom is -0.477 e. The molecule has 1 aromatic heterocycles. The lowest BCUT2D eigenvalue weighted by Gasteiger charge is -1.86. The minimum absolute atomic E-state index is 0.301. The van der Waals surface area contributed by atoms with E-state index in [1.54, 1.807) is 11.4 Å². The van der Waals surface area contributed by atoms with E-state index in [1.807, 2.05) is 6.92 Å². The third-order valence-corrected chi connectivity index (χ3v) is 2.07. The summed E-state index contributed by atoms with van der Waals surface area (Å²) in [6.45, 7) is 1.81. The third kappa shape index (κ3) is 2.39. The lowest BCUT2D eigenvalue weighted by atomic mass is 10.2. The Morgan fingerprint density at radius 3 is 2.92 bits per heavy atom. The molecule has 0 unspecified atom stereocenters. The summed E-state index contributed by atoms with van der Waals surface area (Å²) in [5.41, 5.74) is 0.215. The molecule has 0 aliphatic rings. The van der Waals surface area contributed by atoms with E-state index < -0.39 is 5.97 Å². The summed E-state index contributed by atoms with van der Waals surface area (Å²) >= 11 is 1.41. The molecular weight excluding hydrogens is 188 g/mol. The minimum atomic E-state index is -1.23. The first-order valence-corrected chi connectivity index (χ1v) is 4.28. The van der Waals surface area contributed by atoms with Gasteiger partial charge in [0.1, 0.15) is 11.6 Å². The molecule has 0 radical (unpaired) electrons. The van der Waals surface area contributed by atoms with Gasteiger partial charge in [0.05, 0.1) is 10.7 Å². The van der Waals surface area contributed by atoms with Gasteiger partial charge in [0.25, 0.3) is 0 Å². The zero-order chi connectivity index (χ0) is 9.84. The van der Waals surface area contributed by atoms with Gasteiger partial charge in [0.2, 0.25) is 0 Å². The van der Waals surface area contributed by atoms with Gasteiger partial charge in [0.15, 0.2) is 0 Å². The summed E-state index contributed by atoms with van der Waals surface area (Å²) in [6, 6.07) is 1.59.